The summed E-state index contributed by atoms with van der Waals surface area (Å²) in [6.07, 6.45) is 3.48. The first kappa shape index (κ1) is 21.8. The molecule has 0 atom stereocenters. The Hall–Kier alpha value is -3.44. The van der Waals surface area contributed by atoms with Gasteiger partial charge in [0, 0.05) is 35.6 Å². The van der Waals surface area contributed by atoms with Gasteiger partial charge in [0.15, 0.2) is 0 Å². The fraction of sp³-hybridized carbons (Fsp3) is 0.192. The van der Waals surface area contributed by atoms with Crippen LogP contribution in [0.1, 0.15) is 27.8 Å². The van der Waals surface area contributed by atoms with Gasteiger partial charge in [0.1, 0.15) is 5.15 Å². The molecule has 0 unspecified atom stereocenters. The highest BCUT2D eigenvalue weighted by Crippen LogP contribution is 2.26. The number of rotatable bonds is 5. The Labute approximate surface area is 193 Å². The highest BCUT2D eigenvalue weighted by molar-refractivity contribution is 6.30. The number of hydrogen-bond acceptors (Lipinski definition) is 3. The van der Waals surface area contributed by atoms with Crippen LogP contribution in [0.25, 0.3) is 10.9 Å². The zero-order chi connectivity index (χ0) is 22.7. The quantitative estimate of drug-likeness (QED) is 0.360. The smallest absolute Gasteiger partial charge is 0.316 e. The number of para-hydroxylation sites is 1. The Bertz CT molecular complexity index is 1270. The van der Waals surface area contributed by atoms with Crippen molar-refractivity contribution >= 4 is 34.2 Å². The third-order valence-electron chi connectivity index (χ3n) is 5.67. The van der Waals surface area contributed by atoms with Gasteiger partial charge in [-0.25, -0.2) is 9.78 Å². The Morgan fingerprint density at radius 1 is 1.00 bits per heavy atom. The Balaban J connectivity index is 1.67. The molecule has 6 heteroatoms. The van der Waals surface area contributed by atoms with Gasteiger partial charge in [-0.3, -0.25) is 4.98 Å². The number of amides is 2. The number of aromatic nitrogens is 2. The van der Waals surface area contributed by atoms with Gasteiger partial charge in [0.25, 0.3) is 0 Å². The average molecular weight is 445 g/mol. The predicted molar refractivity (Wildman–Crippen MR) is 130 cm³/mol. The van der Waals surface area contributed by atoms with Crippen molar-refractivity contribution in [1.29, 1.82) is 0 Å². The molecule has 0 aliphatic carbocycles. The summed E-state index contributed by atoms with van der Waals surface area (Å²) in [6, 6.07) is 17.5. The minimum Gasteiger partial charge on any atom is -0.316 e. The standard InChI is InChI=1S/C26H25ClN4O/c1-17-10-11-21-13-22(25(27)30-24(21)19(17)3)16-31(15-20-8-6-12-28-14-20)26(32)29-23-9-5-4-7-18(23)2/h4-14H,15-16H2,1-3H3,(H,29,32). The van der Waals surface area contributed by atoms with Gasteiger partial charge in [-0.2, -0.15) is 0 Å². The van der Waals surface area contributed by atoms with Gasteiger partial charge >= 0.3 is 6.03 Å². The molecule has 4 rings (SSSR count). The fourth-order valence-electron chi connectivity index (χ4n) is 3.64. The van der Waals surface area contributed by atoms with E-state index < -0.39 is 0 Å². The molecule has 2 amide bonds. The number of benzene rings is 2. The Kier molecular flexibility index (Phi) is 6.37. The zero-order valence-corrected chi connectivity index (χ0v) is 19.1. The van der Waals surface area contributed by atoms with Crippen LogP contribution in [0.4, 0.5) is 10.5 Å². The highest BCUT2D eigenvalue weighted by atomic mass is 35.5. The van der Waals surface area contributed by atoms with Crippen LogP contribution in [0.5, 0.6) is 0 Å². The van der Waals surface area contributed by atoms with Gasteiger partial charge in [-0.15, -0.1) is 0 Å². The minimum atomic E-state index is -0.209. The first-order chi connectivity index (χ1) is 15.4. The van der Waals surface area contributed by atoms with E-state index in [1.54, 1.807) is 17.3 Å². The topological polar surface area (TPSA) is 58.1 Å². The van der Waals surface area contributed by atoms with Crippen LogP contribution in [0.2, 0.25) is 5.15 Å². The van der Waals surface area contributed by atoms with E-state index in [4.69, 9.17) is 11.6 Å². The van der Waals surface area contributed by atoms with Crippen molar-refractivity contribution in [2.24, 2.45) is 0 Å². The molecule has 0 saturated heterocycles. The lowest BCUT2D eigenvalue weighted by molar-refractivity contribution is 0.206. The normalized spacial score (nSPS) is 10.9. The van der Waals surface area contributed by atoms with Gasteiger partial charge in [0.2, 0.25) is 0 Å². The molecule has 2 heterocycles. The van der Waals surface area contributed by atoms with E-state index >= 15 is 0 Å². The van der Waals surface area contributed by atoms with Crippen LogP contribution in [0.3, 0.4) is 0 Å². The van der Waals surface area contributed by atoms with Crippen molar-refractivity contribution in [3.8, 4) is 0 Å². The number of fused-ring (bicyclic) bond motifs is 1. The van der Waals surface area contributed by atoms with Crippen molar-refractivity contribution < 1.29 is 4.79 Å². The monoisotopic (exact) mass is 444 g/mol. The van der Waals surface area contributed by atoms with E-state index in [0.717, 1.165) is 38.8 Å². The second kappa shape index (κ2) is 9.37. The molecular formula is C26H25ClN4O. The molecule has 0 aliphatic rings. The number of nitrogens with zero attached hydrogens (tertiary/aromatic N) is 3. The van der Waals surface area contributed by atoms with Crippen molar-refractivity contribution in [3.05, 3.63) is 100.0 Å². The number of anilines is 1. The number of carbonyl (C=O) groups is 1. The molecular weight excluding hydrogens is 420 g/mol. The largest absolute Gasteiger partial charge is 0.322 e. The molecule has 2 aromatic heterocycles. The van der Waals surface area contributed by atoms with Crippen LogP contribution >= 0.6 is 11.6 Å². The van der Waals surface area contributed by atoms with Gasteiger partial charge in [0.05, 0.1) is 12.1 Å². The second-order valence-electron chi connectivity index (χ2n) is 7.98. The molecule has 0 saturated carbocycles. The first-order valence-corrected chi connectivity index (χ1v) is 10.9. The summed E-state index contributed by atoms with van der Waals surface area (Å²) < 4.78 is 0. The maximum Gasteiger partial charge on any atom is 0.322 e. The van der Waals surface area contributed by atoms with Crippen molar-refractivity contribution in [2.45, 2.75) is 33.9 Å². The zero-order valence-electron chi connectivity index (χ0n) is 18.4. The summed E-state index contributed by atoms with van der Waals surface area (Å²) in [5, 5.41) is 4.44. The van der Waals surface area contributed by atoms with Crippen molar-refractivity contribution in [2.75, 3.05) is 5.32 Å². The maximum atomic E-state index is 13.3. The van der Waals surface area contributed by atoms with Crippen LogP contribution in [0.15, 0.2) is 67.0 Å². The molecule has 0 radical (unpaired) electrons. The van der Waals surface area contributed by atoms with Gasteiger partial charge < -0.3 is 10.2 Å². The molecule has 0 bridgehead atoms. The summed E-state index contributed by atoms with van der Waals surface area (Å²) in [6.45, 7) is 6.79. The predicted octanol–water partition coefficient (Wildman–Crippen LogP) is 6.44. The van der Waals surface area contributed by atoms with E-state index in [9.17, 15) is 4.79 Å². The number of aryl methyl sites for hydroxylation is 3. The number of halogens is 1. The summed E-state index contributed by atoms with van der Waals surface area (Å²) in [7, 11) is 0. The molecule has 5 nitrogen and oxygen atoms in total. The molecule has 1 N–H and O–H groups in total. The molecule has 2 aromatic carbocycles. The number of hydrogen-bond donors (Lipinski definition) is 1. The lowest BCUT2D eigenvalue weighted by Crippen LogP contribution is -2.34. The van der Waals surface area contributed by atoms with Crippen molar-refractivity contribution in [1.82, 2.24) is 14.9 Å². The summed E-state index contributed by atoms with van der Waals surface area (Å²) in [4.78, 5) is 23.8. The maximum absolute atomic E-state index is 13.3. The van der Waals surface area contributed by atoms with E-state index in [2.05, 4.69) is 28.3 Å². The number of pyridine rings is 2. The van der Waals surface area contributed by atoms with E-state index in [1.807, 2.05) is 62.4 Å². The Morgan fingerprint density at radius 2 is 1.81 bits per heavy atom. The molecule has 162 valence electrons. The van der Waals surface area contributed by atoms with Crippen LogP contribution in [0, 0.1) is 20.8 Å². The second-order valence-corrected chi connectivity index (χ2v) is 8.34. The average Bonchev–Trinajstić information content (AvgIpc) is 2.79. The molecule has 0 fully saturated rings. The summed E-state index contributed by atoms with van der Waals surface area (Å²) in [5.74, 6) is 0. The van der Waals surface area contributed by atoms with Crippen LogP contribution in [-0.2, 0) is 13.1 Å². The Morgan fingerprint density at radius 3 is 2.56 bits per heavy atom. The number of carbonyl (C=O) groups excluding carboxylic acids is 1. The molecule has 0 aliphatic heterocycles. The first-order valence-electron chi connectivity index (χ1n) is 10.5. The SMILES string of the molecule is Cc1ccccc1NC(=O)N(Cc1cccnc1)Cc1cc2ccc(C)c(C)c2nc1Cl. The van der Waals surface area contributed by atoms with Crippen LogP contribution < -0.4 is 5.32 Å². The molecule has 0 spiro atoms. The lowest BCUT2D eigenvalue weighted by Gasteiger charge is -2.24. The fourth-order valence-corrected chi connectivity index (χ4v) is 3.84. The van der Waals surface area contributed by atoms with E-state index in [-0.39, 0.29) is 6.03 Å². The number of nitrogens with one attached hydrogen (secondary N) is 1. The molecule has 32 heavy (non-hydrogen) atoms. The van der Waals surface area contributed by atoms with Crippen molar-refractivity contribution in [3.63, 3.8) is 0 Å². The minimum absolute atomic E-state index is 0.209. The summed E-state index contributed by atoms with van der Waals surface area (Å²) >= 11 is 6.58. The lowest BCUT2D eigenvalue weighted by atomic mass is 10.0. The van der Waals surface area contributed by atoms with E-state index in [0.29, 0.717) is 18.2 Å². The van der Waals surface area contributed by atoms with Gasteiger partial charge in [-0.05, 0) is 61.2 Å². The number of urea groups is 1. The summed E-state index contributed by atoms with van der Waals surface area (Å²) in [5.41, 5.74) is 6.68. The third-order valence-corrected chi connectivity index (χ3v) is 6.00. The molecule has 4 aromatic rings. The van der Waals surface area contributed by atoms with Gasteiger partial charge in [-0.1, -0.05) is 48.0 Å². The van der Waals surface area contributed by atoms with Crippen LogP contribution in [-0.4, -0.2) is 20.9 Å². The highest BCUT2D eigenvalue weighted by Gasteiger charge is 2.18. The third kappa shape index (κ3) is 4.73. The van der Waals surface area contributed by atoms with E-state index in [1.165, 1.54) is 5.56 Å².